The van der Waals surface area contributed by atoms with Crippen molar-refractivity contribution in [2.75, 3.05) is 19.6 Å². The Morgan fingerprint density at radius 1 is 0.481 bits per heavy atom. The SMILES string of the molecule is CC(=O)O.CC(=O)O.CC(=O)O.CC(=O)O.CC(=O)O.CCN(CC)CC. The third-order valence-corrected chi connectivity index (χ3v) is 1.34. The van der Waals surface area contributed by atoms with E-state index in [9.17, 15) is 0 Å². The molecule has 0 fully saturated rings. The van der Waals surface area contributed by atoms with Crippen LogP contribution in [-0.4, -0.2) is 79.9 Å². The van der Waals surface area contributed by atoms with Crippen LogP contribution < -0.4 is 0 Å². The molecule has 0 aromatic carbocycles. The molecule has 0 bridgehead atoms. The highest BCUT2D eigenvalue weighted by Gasteiger charge is 1.89. The van der Waals surface area contributed by atoms with Crippen molar-refractivity contribution in [2.45, 2.75) is 55.4 Å². The van der Waals surface area contributed by atoms with Crippen LogP contribution in [0.5, 0.6) is 0 Å². The third kappa shape index (κ3) is 966. The van der Waals surface area contributed by atoms with Gasteiger partial charge in [0.25, 0.3) is 29.8 Å². The predicted octanol–water partition coefficient (Wildman–Crippen LogP) is 1.80. The summed E-state index contributed by atoms with van der Waals surface area (Å²) in [6.07, 6.45) is 0. The molecule has 0 aliphatic rings. The number of hydrogen-bond acceptors (Lipinski definition) is 6. The van der Waals surface area contributed by atoms with E-state index in [1.54, 1.807) is 0 Å². The van der Waals surface area contributed by atoms with Gasteiger partial charge in [-0.05, 0) is 19.6 Å². The summed E-state index contributed by atoms with van der Waals surface area (Å²) >= 11 is 0. The summed E-state index contributed by atoms with van der Waals surface area (Å²) in [5.41, 5.74) is 0. The maximum absolute atomic E-state index is 9.00. The maximum Gasteiger partial charge on any atom is 0.300 e. The van der Waals surface area contributed by atoms with Gasteiger partial charge in [-0.15, -0.1) is 0 Å². The van der Waals surface area contributed by atoms with Crippen LogP contribution >= 0.6 is 0 Å². The number of nitrogens with zero attached hydrogens (tertiary/aromatic N) is 1. The zero-order chi connectivity index (χ0) is 23.6. The average Bonchev–Trinajstić information content (AvgIpc) is 2.37. The van der Waals surface area contributed by atoms with Gasteiger partial charge < -0.3 is 30.4 Å². The lowest BCUT2D eigenvalue weighted by Crippen LogP contribution is -2.21. The van der Waals surface area contributed by atoms with Crippen molar-refractivity contribution in [2.24, 2.45) is 0 Å². The molecule has 0 aromatic rings. The van der Waals surface area contributed by atoms with Crippen LogP contribution in [0.1, 0.15) is 55.4 Å². The molecule has 27 heavy (non-hydrogen) atoms. The Morgan fingerprint density at radius 2 is 0.556 bits per heavy atom. The lowest BCUT2D eigenvalue weighted by atomic mass is 10.5. The summed E-state index contributed by atoms with van der Waals surface area (Å²) in [4.78, 5) is 47.4. The molecule has 164 valence electrons. The third-order valence-electron chi connectivity index (χ3n) is 1.34. The van der Waals surface area contributed by atoms with Crippen molar-refractivity contribution in [3.63, 3.8) is 0 Å². The number of aliphatic carboxylic acids is 5. The van der Waals surface area contributed by atoms with Gasteiger partial charge in [-0.1, -0.05) is 20.8 Å². The molecule has 0 heterocycles. The molecule has 0 amide bonds. The van der Waals surface area contributed by atoms with Gasteiger partial charge in [0, 0.05) is 34.6 Å². The zero-order valence-corrected chi connectivity index (χ0v) is 17.3. The molecule has 0 saturated carbocycles. The first-order chi connectivity index (χ1) is 12.0. The van der Waals surface area contributed by atoms with Crippen molar-refractivity contribution in [3.8, 4) is 0 Å². The van der Waals surface area contributed by atoms with Crippen molar-refractivity contribution >= 4 is 29.8 Å². The van der Waals surface area contributed by atoms with Crippen LogP contribution in [0.15, 0.2) is 0 Å². The molecule has 0 rings (SSSR count). The molecule has 0 radical (unpaired) electrons. The Balaban J connectivity index is -0.0000000500. The fourth-order valence-electron chi connectivity index (χ4n) is 0.671. The van der Waals surface area contributed by atoms with Crippen LogP contribution in [0.3, 0.4) is 0 Å². The van der Waals surface area contributed by atoms with Gasteiger partial charge in [-0.2, -0.15) is 0 Å². The molecule has 0 unspecified atom stereocenters. The number of carbonyl (C=O) groups is 5. The van der Waals surface area contributed by atoms with Crippen LogP contribution in [-0.2, 0) is 24.0 Å². The first kappa shape index (κ1) is 39.4. The second kappa shape index (κ2) is 34.6. The summed E-state index contributed by atoms with van der Waals surface area (Å²) in [5, 5.41) is 37.1. The second-order valence-corrected chi connectivity index (χ2v) is 4.21. The van der Waals surface area contributed by atoms with Crippen LogP contribution in [0, 0.1) is 0 Å². The smallest absolute Gasteiger partial charge is 0.300 e. The average molecular weight is 401 g/mol. The summed E-state index contributed by atoms with van der Waals surface area (Å²) in [5.74, 6) is -4.17. The van der Waals surface area contributed by atoms with Crippen molar-refractivity contribution in [1.29, 1.82) is 0 Å². The molecule has 0 aromatic heterocycles. The zero-order valence-electron chi connectivity index (χ0n) is 17.3. The van der Waals surface area contributed by atoms with Crippen molar-refractivity contribution in [3.05, 3.63) is 0 Å². The Labute approximate surface area is 160 Å². The standard InChI is InChI=1S/C6H15N.5C2H4O2/c1-4-7(5-2)6-3;5*1-2(3)4/h4-6H2,1-3H3;5*1H3,(H,3,4). The van der Waals surface area contributed by atoms with Gasteiger partial charge in [0.1, 0.15) is 0 Å². The number of carboxylic acids is 5. The van der Waals surface area contributed by atoms with E-state index in [0.29, 0.717) is 0 Å². The van der Waals surface area contributed by atoms with Crippen molar-refractivity contribution in [1.82, 2.24) is 4.90 Å². The Kier molecular flexibility index (Phi) is 50.5. The highest BCUT2D eigenvalue weighted by molar-refractivity contribution is 5.63. The van der Waals surface area contributed by atoms with Gasteiger partial charge in [0.2, 0.25) is 0 Å². The molecule has 5 N–H and O–H groups in total. The lowest BCUT2D eigenvalue weighted by molar-refractivity contribution is -0.135. The van der Waals surface area contributed by atoms with Gasteiger partial charge in [-0.3, -0.25) is 24.0 Å². The van der Waals surface area contributed by atoms with Crippen LogP contribution in [0.25, 0.3) is 0 Å². The van der Waals surface area contributed by atoms with E-state index in [2.05, 4.69) is 25.7 Å². The first-order valence-corrected chi connectivity index (χ1v) is 7.71. The minimum atomic E-state index is -0.833. The predicted molar refractivity (Wildman–Crippen MR) is 100 cm³/mol. The fourth-order valence-corrected chi connectivity index (χ4v) is 0.671. The topological polar surface area (TPSA) is 190 Å². The Morgan fingerprint density at radius 3 is 0.556 bits per heavy atom. The highest BCUT2D eigenvalue weighted by Crippen LogP contribution is 1.81. The summed E-state index contributed by atoms with van der Waals surface area (Å²) in [7, 11) is 0. The number of hydrogen-bond donors (Lipinski definition) is 5. The molecule has 11 nitrogen and oxygen atoms in total. The Bertz CT molecular complexity index is 284. The Hall–Kier alpha value is -2.69. The molecular weight excluding hydrogens is 366 g/mol. The molecule has 0 aliphatic carbocycles. The van der Waals surface area contributed by atoms with E-state index >= 15 is 0 Å². The van der Waals surface area contributed by atoms with E-state index in [1.807, 2.05) is 0 Å². The van der Waals surface area contributed by atoms with Gasteiger partial charge >= 0.3 is 0 Å². The van der Waals surface area contributed by atoms with Crippen LogP contribution in [0.2, 0.25) is 0 Å². The minimum Gasteiger partial charge on any atom is -0.481 e. The molecular formula is C16H35NO10. The molecule has 0 atom stereocenters. The first-order valence-electron chi connectivity index (χ1n) is 7.71. The van der Waals surface area contributed by atoms with Gasteiger partial charge in [-0.25, -0.2) is 0 Å². The van der Waals surface area contributed by atoms with Gasteiger partial charge in [0.15, 0.2) is 0 Å². The lowest BCUT2D eigenvalue weighted by Gasteiger charge is -2.13. The molecule has 0 saturated heterocycles. The molecule has 0 aliphatic heterocycles. The molecule has 0 spiro atoms. The van der Waals surface area contributed by atoms with E-state index in [0.717, 1.165) is 34.6 Å². The van der Waals surface area contributed by atoms with E-state index < -0.39 is 29.8 Å². The van der Waals surface area contributed by atoms with Gasteiger partial charge in [0.05, 0.1) is 0 Å². The van der Waals surface area contributed by atoms with Crippen molar-refractivity contribution < 1.29 is 49.5 Å². The summed E-state index contributed by atoms with van der Waals surface area (Å²) in [6, 6.07) is 0. The maximum atomic E-state index is 9.00. The quantitative estimate of drug-likeness (QED) is 0.463. The number of carboxylic acid groups (broad SMARTS) is 5. The second-order valence-electron chi connectivity index (χ2n) is 4.21. The number of rotatable bonds is 3. The normalized spacial score (nSPS) is 7.30. The summed E-state index contributed by atoms with van der Waals surface area (Å²) in [6.45, 7) is 15.5. The largest absolute Gasteiger partial charge is 0.481 e. The fraction of sp³-hybridized carbons (Fsp3) is 0.688. The van der Waals surface area contributed by atoms with E-state index in [-0.39, 0.29) is 0 Å². The van der Waals surface area contributed by atoms with E-state index in [4.69, 9.17) is 49.5 Å². The summed E-state index contributed by atoms with van der Waals surface area (Å²) < 4.78 is 0. The molecule has 11 heteroatoms. The van der Waals surface area contributed by atoms with E-state index in [1.165, 1.54) is 19.6 Å². The monoisotopic (exact) mass is 401 g/mol. The highest BCUT2D eigenvalue weighted by atomic mass is 16.4. The van der Waals surface area contributed by atoms with Crippen LogP contribution in [0.4, 0.5) is 0 Å². The minimum absolute atomic E-state index is 0.833.